The number of nitrogens with zero attached hydrogens (tertiary/aromatic N) is 3. The zero-order valence-electron chi connectivity index (χ0n) is 13.1. The van der Waals surface area contributed by atoms with Gasteiger partial charge >= 0.3 is 6.03 Å². The smallest absolute Gasteiger partial charge is 0.321 e. The van der Waals surface area contributed by atoms with Gasteiger partial charge < -0.3 is 15.1 Å². The molecule has 0 spiro atoms. The van der Waals surface area contributed by atoms with Crippen molar-refractivity contribution >= 4 is 29.3 Å². The van der Waals surface area contributed by atoms with Crippen LogP contribution >= 0.6 is 11.8 Å². The van der Waals surface area contributed by atoms with Crippen LogP contribution in [0.1, 0.15) is 0 Å². The Morgan fingerprint density at radius 2 is 1.83 bits per heavy atom. The molecule has 1 N–H and O–H groups in total. The molecule has 2 amide bonds. The van der Waals surface area contributed by atoms with Crippen LogP contribution in [0, 0.1) is 0 Å². The van der Waals surface area contributed by atoms with Crippen LogP contribution in [-0.4, -0.2) is 48.3 Å². The highest BCUT2D eigenvalue weighted by Gasteiger charge is 2.21. The summed E-state index contributed by atoms with van der Waals surface area (Å²) in [5.74, 6) is 0.972. The first-order chi connectivity index (χ1) is 11.3. The Labute approximate surface area is 140 Å². The second kappa shape index (κ2) is 7.37. The molecule has 0 saturated carbocycles. The molecule has 2 aromatic rings. The fourth-order valence-electron chi connectivity index (χ4n) is 2.56. The van der Waals surface area contributed by atoms with Crippen LogP contribution in [0.25, 0.3) is 0 Å². The minimum Gasteiger partial charge on any atom is -0.353 e. The summed E-state index contributed by atoms with van der Waals surface area (Å²) in [6, 6.07) is 13.8. The minimum absolute atomic E-state index is 0.0393. The van der Waals surface area contributed by atoms with Crippen molar-refractivity contribution in [3.8, 4) is 0 Å². The summed E-state index contributed by atoms with van der Waals surface area (Å²) in [6.07, 6.45) is 3.83. The number of carbonyl (C=O) groups is 1. The van der Waals surface area contributed by atoms with Crippen molar-refractivity contribution in [3.05, 3.63) is 48.7 Å². The topological polar surface area (TPSA) is 48.5 Å². The summed E-state index contributed by atoms with van der Waals surface area (Å²) in [5.41, 5.74) is 0.833. The van der Waals surface area contributed by atoms with Gasteiger partial charge in [0, 0.05) is 43.0 Å². The van der Waals surface area contributed by atoms with Gasteiger partial charge in [0.1, 0.15) is 5.82 Å². The normalized spacial score (nSPS) is 14.7. The van der Waals surface area contributed by atoms with Gasteiger partial charge in [0.2, 0.25) is 0 Å². The third kappa shape index (κ3) is 3.96. The lowest BCUT2D eigenvalue weighted by Gasteiger charge is -2.35. The number of nitrogens with one attached hydrogen (secondary N) is 1. The summed E-state index contributed by atoms with van der Waals surface area (Å²) in [5, 5.41) is 2.96. The second-order valence-electron chi connectivity index (χ2n) is 5.32. The van der Waals surface area contributed by atoms with E-state index in [-0.39, 0.29) is 6.03 Å². The fourth-order valence-corrected chi connectivity index (χ4v) is 2.96. The maximum absolute atomic E-state index is 12.3. The Morgan fingerprint density at radius 1 is 1.09 bits per heavy atom. The average Bonchev–Trinajstić information content (AvgIpc) is 2.63. The van der Waals surface area contributed by atoms with Crippen LogP contribution in [0.2, 0.25) is 0 Å². The monoisotopic (exact) mass is 328 g/mol. The van der Waals surface area contributed by atoms with Gasteiger partial charge in [-0.25, -0.2) is 9.78 Å². The number of aromatic nitrogens is 1. The zero-order valence-corrected chi connectivity index (χ0v) is 13.9. The van der Waals surface area contributed by atoms with Gasteiger partial charge in [-0.15, -0.1) is 11.8 Å². The van der Waals surface area contributed by atoms with E-state index in [4.69, 9.17) is 0 Å². The maximum Gasteiger partial charge on any atom is 0.321 e. The number of thioether (sulfide) groups is 1. The number of carbonyl (C=O) groups excluding carboxylic acids is 1. The predicted octanol–water partition coefficient (Wildman–Crippen LogP) is 3.16. The van der Waals surface area contributed by atoms with E-state index in [1.807, 2.05) is 53.6 Å². The average molecular weight is 328 g/mol. The van der Waals surface area contributed by atoms with E-state index >= 15 is 0 Å². The fraction of sp³-hybridized carbons (Fsp3) is 0.294. The Bertz CT molecular complexity index is 639. The van der Waals surface area contributed by atoms with Crippen molar-refractivity contribution in [2.45, 2.75) is 4.90 Å². The number of piperazine rings is 1. The molecule has 0 aliphatic carbocycles. The Balaban J connectivity index is 1.53. The lowest BCUT2D eigenvalue weighted by atomic mass is 10.3. The molecule has 0 bridgehead atoms. The van der Waals surface area contributed by atoms with Crippen molar-refractivity contribution in [3.63, 3.8) is 0 Å². The first kappa shape index (κ1) is 15.7. The second-order valence-corrected chi connectivity index (χ2v) is 6.20. The molecule has 6 heteroatoms. The molecular weight excluding hydrogens is 308 g/mol. The SMILES string of the molecule is CSc1ccc(NC(=O)N2CCN(c3ccccn3)CC2)cc1. The first-order valence-electron chi connectivity index (χ1n) is 7.62. The van der Waals surface area contributed by atoms with Crippen LogP contribution in [0.3, 0.4) is 0 Å². The number of rotatable bonds is 3. The molecule has 1 aliphatic heterocycles. The van der Waals surface area contributed by atoms with Crippen LogP contribution in [0.15, 0.2) is 53.6 Å². The number of benzene rings is 1. The van der Waals surface area contributed by atoms with E-state index in [1.54, 1.807) is 18.0 Å². The van der Waals surface area contributed by atoms with Crippen molar-refractivity contribution in [1.82, 2.24) is 9.88 Å². The lowest BCUT2D eigenvalue weighted by molar-refractivity contribution is 0.208. The van der Waals surface area contributed by atoms with Crippen LogP contribution < -0.4 is 10.2 Å². The summed E-state index contributed by atoms with van der Waals surface area (Å²) >= 11 is 1.69. The quantitative estimate of drug-likeness (QED) is 0.879. The highest BCUT2D eigenvalue weighted by molar-refractivity contribution is 7.98. The van der Waals surface area contributed by atoms with E-state index in [1.165, 1.54) is 4.90 Å². The molecule has 1 aliphatic rings. The number of hydrogen-bond acceptors (Lipinski definition) is 4. The Kier molecular flexibility index (Phi) is 5.02. The van der Waals surface area contributed by atoms with Gasteiger partial charge in [-0.2, -0.15) is 0 Å². The molecule has 5 nitrogen and oxygen atoms in total. The number of hydrogen-bond donors (Lipinski definition) is 1. The number of pyridine rings is 1. The molecule has 1 saturated heterocycles. The zero-order chi connectivity index (χ0) is 16.1. The first-order valence-corrected chi connectivity index (χ1v) is 8.85. The largest absolute Gasteiger partial charge is 0.353 e. The van der Waals surface area contributed by atoms with Crippen molar-refractivity contribution in [2.24, 2.45) is 0 Å². The number of urea groups is 1. The van der Waals surface area contributed by atoms with Crippen LogP contribution in [-0.2, 0) is 0 Å². The molecule has 0 radical (unpaired) electrons. The van der Waals surface area contributed by atoms with Crippen molar-refractivity contribution < 1.29 is 4.79 Å². The summed E-state index contributed by atoms with van der Waals surface area (Å²) < 4.78 is 0. The van der Waals surface area contributed by atoms with Gasteiger partial charge in [-0.05, 0) is 42.7 Å². The van der Waals surface area contributed by atoms with E-state index < -0.39 is 0 Å². The molecular formula is C17H20N4OS. The van der Waals surface area contributed by atoms with Crippen LogP contribution in [0.5, 0.6) is 0 Å². The van der Waals surface area contributed by atoms with E-state index in [9.17, 15) is 4.79 Å². The van der Waals surface area contributed by atoms with Crippen LogP contribution in [0.4, 0.5) is 16.3 Å². The maximum atomic E-state index is 12.3. The number of anilines is 2. The Hall–Kier alpha value is -2.21. The molecule has 0 atom stereocenters. The molecule has 1 aromatic heterocycles. The van der Waals surface area contributed by atoms with Gasteiger partial charge in [0.25, 0.3) is 0 Å². The van der Waals surface area contributed by atoms with E-state index in [0.29, 0.717) is 13.1 Å². The third-order valence-electron chi connectivity index (χ3n) is 3.88. The van der Waals surface area contributed by atoms with Gasteiger partial charge in [0.15, 0.2) is 0 Å². The minimum atomic E-state index is -0.0393. The highest BCUT2D eigenvalue weighted by atomic mass is 32.2. The molecule has 23 heavy (non-hydrogen) atoms. The molecule has 120 valence electrons. The van der Waals surface area contributed by atoms with Gasteiger partial charge in [-0.1, -0.05) is 6.07 Å². The van der Waals surface area contributed by atoms with E-state index in [0.717, 1.165) is 24.6 Å². The molecule has 1 fully saturated rings. The van der Waals surface area contributed by atoms with Gasteiger partial charge in [0.05, 0.1) is 0 Å². The van der Waals surface area contributed by atoms with E-state index in [2.05, 4.69) is 15.2 Å². The predicted molar refractivity (Wildman–Crippen MR) is 95.3 cm³/mol. The Morgan fingerprint density at radius 3 is 2.43 bits per heavy atom. The standard InChI is InChI=1S/C17H20N4OS/c1-23-15-7-5-14(6-8-15)19-17(22)21-12-10-20(11-13-21)16-4-2-3-9-18-16/h2-9H,10-13H2,1H3,(H,19,22). The molecule has 3 rings (SSSR count). The molecule has 0 unspecified atom stereocenters. The summed E-state index contributed by atoms with van der Waals surface area (Å²) in [4.78, 5) is 21.9. The highest BCUT2D eigenvalue weighted by Crippen LogP contribution is 2.18. The van der Waals surface area contributed by atoms with Crippen molar-refractivity contribution in [1.29, 1.82) is 0 Å². The van der Waals surface area contributed by atoms with Crippen molar-refractivity contribution in [2.75, 3.05) is 42.7 Å². The third-order valence-corrected chi connectivity index (χ3v) is 4.63. The van der Waals surface area contributed by atoms with Gasteiger partial charge in [-0.3, -0.25) is 0 Å². The lowest BCUT2D eigenvalue weighted by Crippen LogP contribution is -2.50. The summed E-state index contributed by atoms with van der Waals surface area (Å²) in [7, 11) is 0. The molecule has 1 aromatic carbocycles. The number of amides is 2. The molecule has 2 heterocycles. The summed E-state index contributed by atoms with van der Waals surface area (Å²) in [6.45, 7) is 3.00.